The number of rotatable bonds is 6. The van der Waals surface area contributed by atoms with Gasteiger partial charge in [0.25, 0.3) is 11.8 Å². The number of halogens is 2. The second-order valence-corrected chi connectivity index (χ2v) is 8.03. The Morgan fingerprint density at radius 2 is 1.83 bits per heavy atom. The highest BCUT2D eigenvalue weighted by molar-refractivity contribution is 6.31. The van der Waals surface area contributed by atoms with Crippen molar-refractivity contribution in [3.8, 4) is 5.75 Å². The molecule has 0 spiro atoms. The zero-order chi connectivity index (χ0) is 21.8. The quantitative estimate of drug-likeness (QED) is 0.759. The Balaban J connectivity index is 1.60. The maximum Gasteiger partial charge on any atom is 0.260 e. The first-order valence-electron chi connectivity index (χ1n) is 9.74. The summed E-state index contributed by atoms with van der Waals surface area (Å²) >= 11 is 5.90. The molecule has 160 valence electrons. The van der Waals surface area contributed by atoms with Crippen LogP contribution in [0, 0.1) is 5.82 Å². The first-order chi connectivity index (χ1) is 14.2. The summed E-state index contributed by atoms with van der Waals surface area (Å²) in [5, 5.41) is 0.363. The lowest BCUT2D eigenvalue weighted by Crippen LogP contribution is -2.58. The van der Waals surface area contributed by atoms with Gasteiger partial charge in [0.1, 0.15) is 11.6 Å². The van der Waals surface area contributed by atoms with Gasteiger partial charge in [-0.05, 0) is 49.7 Å². The van der Waals surface area contributed by atoms with E-state index < -0.39 is 5.91 Å². The first kappa shape index (κ1) is 22.1. The number of benzene rings is 2. The zero-order valence-corrected chi connectivity index (χ0v) is 17.7. The summed E-state index contributed by atoms with van der Waals surface area (Å²) in [6.45, 7) is 5.78. The molecule has 0 saturated carbocycles. The number of hydrogen-bond donors (Lipinski definition) is 1. The molecule has 1 fully saturated rings. The fourth-order valence-corrected chi connectivity index (χ4v) is 3.81. The molecule has 0 radical (unpaired) electrons. The second kappa shape index (κ2) is 9.45. The maximum atomic E-state index is 13.1. The highest BCUT2D eigenvalue weighted by Crippen LogP contribution is 2.23. The van der Waals surface area contributed by atoms with Gasteiger partial charge in [-0.2, -0.15) is 0 Å². The van der Waals surface area contributed by atoms with Crippen molar-refractivity contribution in [1.82, 2.24) is 9.80 Å². The second-order valence-electron chi connectivity index (χ2n) is 7.59. The molecule has 2 aromatic carbocycles. The van der Waals surface area contributed by atoms with Crippen molar-refractivity contribution >= 4 is 23.4 Å². The van der Waals surface area contributed by atoms with Gasteiger partial charge in [0.2, 0.25) is 0 Å². The van der Waals surface area contributed by atoms with Crippen LogP contribution in [0.4, 0.5) is 4.39 Å². The molecule has 2 atom stereocenters. The van der Waals surface area contributed by atoms with Gasteiger partial charge in [-0.3, -0.25) is 14.5 Å². The Kier molecular flexibility index (Phi) is 6.95. The van der Waals surface area contributed by atoms with Crippen molar-refractivity contribution in [3.05, 3.63) is 64.4 Å². The summed E-state index contributed by atoms with van der Waals surface area (Å²) in [5.41, 5.74) is 6.53. The topological polar surface area (TPSA) is 75.9 Å². The predicted octanol–water partition coefficient (Wildman–Crippen LogP) is 3.08. The maximum absolute atomic E-state index is 13.1. The minimum atomic E-state index is -0.670. The standard InChI is InChI=1S/C22H25ClFN3O3/c1-14-11-27(15(2)10-26(14)12-16-3-6-18(24)7-4-16)21(28)13-30-20-8-5-17(23)9-19(20)22(25)29/h3-9,14-15H,10-13H2,1-2H3,(H2,25,29)/t14-,15+/m1/s1. The van der Waals surface area contributed by atoms with E-state index in [4.69, 9.17) is 22.1 Å². The largest absolute Gasteiger partial charge is 0.483 e. The molecule has 2 amide bonds. The van der Waals surface area contributed by atoms with E-state index in [0.717, 1.165) is 5.56 Å². The summed E-state index contributed by atoms with van der Waals surface area (Å²) in [7, 11) is 0. The van der Waals surface area contributed by atoms with Gasteiger partial charge in [-0.1, -0.05) is 23.7 Å². The molecule has 0 aromatic heterocycles. The number of amides is 2. The van der Waals surface area contributed by atoms with Crippen molar-refractivity contribution in [2.24, 2.45) is 5.73 Å². The van der Waals surface area contributed by atoms with E-state index >= 15 is 0 Å². The number of piperazine rings is 1. The van der Waals surface area contributed by atoms with Crippen LogP contribution in [0.3, 0.4) is 0 Å². The van der Waals surface area contributed by atoms with Crippen LogP contribution in [-0.2, 0) is 11.3 Å². The Morgan fingerprint density at radius 1 is 1.13 bits per heavy atom. The van der Waals surface area contributed by atoms with Gasteiger partial charge < -0.3 is 15.4 Å². The van der Waals surface area contributed by atoms with Crippen LogP contribution in [0.1, 0.15) is 29.8 Å². The number of primary amides is 1. The predicted molar refractivity (Wildman–Crippen MR) is 113 cm³/mol. The van der Waals surface area contributed by atoms with Crippen LogP contribution in [0.15, 0.2) is 42.5 Å². The first-order valence-corrected chi connectivity index (χ1v) is 10.1. The molecule has 1 aliphatic heterocycles. The van der Waals surface area contributed by atoms with Crippen molar-refractivity contribution in [1.29, 1.82) is 0 Å². The zero-order valence-electron chi connectivity index (χ0n) is 17.0. The van der Waals surface area contributed by atoms with Gasteiger partial charge >= 0.3 is 0 Å². The Hall–Kier alpha value is -2.64. The van der Waals surface area contributed by atoms with Gasteiger partial charge in [-0.15, -0.1) is 0 Å². The summed E-state index contributed by atoms with van der Waals surface area (Å²) in [6, 6.07) is 11.1. The Bertz CT molecular complexity index is 922. The van der Waals surface area contributed by atoms with Crippen molar-refractivity contribution in [2.45, 2.75) is 32.5 Å². The Morgan fingerprint density at radius 3 is 2.50 bits per heavy atom. The van der Waals surface area contributed by atoms with Gasteiger partial charge in [-0.25, -0.2) is 4.39 Å². The van der Waals surface area contributed by atoms with Crippen LogP contribution in [-0.4, -0.2) is 53.4 Å². The summed E-state index contributed by atoms with van der Waals surface area (Å²) < 4.78 is 18.7. The van der Waals surface area contributed by atoms with Crippen LogP contribution >= 0.6 is 11.6 Å². The molecule has 1 aliphatic rings. The third-order valence-electron chi connectivity index (χ3n) is 5.29. The monoisotopic (exact) mass is 433 g/mol. The van der Waals surface area contributed by atoms with Crippen molar-refractivity contribution in [2.75, 3.05) is 19.7 Å². The molecule has 0 unspecified atom stereocenters. The van der Waals surface area contributed by atoms with E-state index in [2.05, 4.69) is 11.8 Å². The number of nitrogens with two attached hydrogens (primary N) is 1. The molecule has 3 rings (SSSR count). The minimum Gasteiger partial charge on any atom is -0.483 e. The number of ether oxygens (including phenoxy) is 1. The molecule has 1 saturated heterocycles. The molecule has 0 bridgehead atoms. The molecule has 2 aromatic rings. The fraction of sp³-hybridized carbons (Fsp3) is 0.364. The SMILES string of the molecule is C[C@@H]1CN(C(=O)COc2ccc(Cl)cc2C(N)=O)[C@@H](C)CN1Cc1ccc(F)cc1. The fourth-order valence-electron chi connectivity index (χ4n) is 3.63. The van der Waals surface area contributed by atoms with E-state index in [1.165, 1.54) is 24.3 Å². The van der Waals surface area contributed by atoms with E-state index in [-0.39, 0.29) is 41.7 Å². The van der Waals surface area contributed by atoms with Crippen LogP contribution in [0.2, 0.25) is 5.02 Å². The van der Waals surface area contributed by atoms with Crippen LogP contribution in [0.5, 0.6) is 5.75 Å². The third kappa shape index (κ3) is 5.29. The van der Waals surface area contributed by atoms with E-state index in [1.54, 1.807) is 23.1 Å². The van der Waals surface area contributed by atoms with Gasteiger partial charge in [0.15, 0.2) is 6.61 Å². The number of carbonyl (C=O) groups excluding carboxylic acids is 2. The molecule has 8 heteroatoms. The molecule has 6 nitrogen and oxygen atoms in total. The van der Waals surface area contributed by atoms with Gasteiger partial charge in [0.05, 0.1) is 5.56 Å². The summed E-state index contributed by atoms with van der Waals surface area (Å²) in [6.07, 6.45) is 0. The lowest BCUT2D eigenvalue weighted by atomic mass is 10.1. The van der Waals surface area contributed by atoms with Crippen molar-refractivity contribution in [3.63, 3.8) is 0 Å². The Labute approximate surface area is 180 Å². The van der Waals surface area contributed by atoms with Crippen LogP contribution in [0.25, 0.3) is 0 Å². The molecule has 1 heterocycles. The number of carbonyl (C=O) groups is 2. The number of hydrogen-bond acceptors (Lipinski definition) is 4. The van der Waals surface area contributed by atoms with E-state index in [0.29, 0.717) is 24.7 Å². The highest BCUT2D eigenvalue weighted by atomic mass is 35.5. The minimum absolute atomic E-state index is 0.0152. The molecule has 0 aliphatic carbocycles. The van der Waals surface area contributed by atoms with Crippen molar-refractivity contribution < 1.29 is 18.7 Å². The smallest absolute Gasteiger partial charge is 0.260 e. The van der Waals surface area contributed by atoms with E-state index in [1.807, 2.05) is 6.92 Å². The molecule has 2 N–H and O–H groups in total. The summed E-state index contributed by atoms with van der Waals surface area (Å²) in [5.74, 6) is -0.857. The van der Waals surface area contributed by atoms with Gasteiger partial charge in [0, 0.05) is 36.7 Å². The lowest BCUT2D eigenvalue weighted by Gasteiger charge is -2.44. The normalized spacial score (nSPS) is 19.5. The summed E-state index contributed by atoms with van der Waals surface area (Å²) in [4.78, 5) is 28.4. The van der Waals surface area contributed by atoms with E-state index in [9.17, 15) is 14.0 Å². The number of nitrogens with zero attached hydrogens (tertiary/aromatic N) is 2. The third-order valence-corrected chi connectivity index (χ3v) is 5.53. The highest BCUT2D eigenvalue weighted by Gasteiger charge is 2.32. The van der Waals surface area contributed by atoms with Crippen LogP contribution < -0.4 is 10.5 Å². The average Bonchev–Trinajstić information content (AvgIpc) is 2.70. The lowest BCUT2D eigenvalue weighted by molar-refractivity contribution is -0.139. The molecular formula is C22H25ClFN3O3. The molecule has 30 heavy (non-hydrogen) atoms. The molecular weight excluding hydrogens is 409 g/mol. The average molecular weight is 434 g/mol.